The minimum atomic E-state index is 0.888. The molecule has 2 aromatic heterocycles. The van der Waals surface area contributed by atoms with Crippen LogP contribution in [0.25, 0.3) is 0 Å². The number of thiophene rings is 1. The van der Waals surface area contributed by atoms with Crippen LogP contribution in [-0.4, -0.2) is 9.78 Å². The van der Waals surface area contributed by atoms with Crippen molar-refractivity contribution in [3.8, 4) is 0 Å². The molecular formula is C13H19N3S. The predicted molar refractivity (Wildman–Crippen MR) is 72.1 cm³/mol. The van der Waals surface area contributed by atoms with E-state index in [2.05, 4.69) is 41.2 Å². The van der Waals surface area contributed by atoms with Crippen LogP contribution in [0.15, 0.2) is 23.2 Å². The molecule has 0 atom stereocenters. The molecule has 1 N–H and O–H groups in total. The topological polar surface area (TPSA) is 29.9 Å². The van der Waals surface area contributed by atoms with Gasteiger partial charge in [0.05, 0.1) is 6.20 Å². The lowest BCUT2D eigenvalue weighted by atomic mass is 10.2. The van der Waals surface area contributed by atoms with E-state index in [0.717, 1.165) is 26.1 Å². The highest BCUT2D eigenvalue weighted by Gasteiger charge is 2.00. The first-order valence-corrected chi connectivity index (χ1v) is 6.97. The molecule has 0 spiro atoms. The zero-order chi connectivity index (χ0) is 12.1. The molecular weight excluding hydrogens is 230 g/mol. The Balaban J connectivity index is 1.80. The molecule has 92 valence electrons. The largest absolute Gasteiger partial charge is 0.308 e. The van der Waals surface area contributed by atoms with E-state index < -0.39 is 0 Å². The van der Waals surface area contributed by atoms with Crippen LogP contribution < -0.4 is 5.32 Å². The SMILES string of the molecule is CCCn1cc(CNCc2cscc2C)cn1. The van der Waals surface area contributed by atoms with E-state index in [-0.39, 0.29) is 0 Å². The van der Waals surface area contributed by atoms with Gasteiger partial charge in [0.2, 0.25) is 0 Å². The average molecular weight is 249 g/mol. The molecule has 17 heavy (non-hydrogen) atoms. The van der Waals surface area contributed by atoms with Crippen LogP contribution in [0.5, 0.6) is 0 Å². The fourth-order valence-electron chi connectivity index (χ4n) is 1.76. The molecule has 0 amide bonds. The molecule has 0 radical (unpaired) electrons. The van der Waals surface area contributed by atoms with Crippen LogP contribution in [-0.2, 0) is 19.6 Å². The van der Waals surface area contributed by atoms with Gasteiger partial charge in [-0.15, -0.1) is 0 Å². The van der Waals surface area contributed by atoms with Crippen LogP contribution in [0.2, 0.25) is 0 Å². The second kappa shape index (κ2) is 5.98. The number of hydrogen-bond donors (Lipinski definition) is 1. The summed E-state index contributed by atoms with van der Waals surface area (Å²) in [6, 6.07) is 0. The zero-order valence-corrected chi connectivity index (χ0v) is 11.3. The summed E-state index contributed by atoms with van der Waals surface area (Å²) in [5, 5.41) is 12.2. The van der Waals surface area contributed by atoms with Crippen LogP contribution in [0, 0.1) is 6.92 Å². The molecule has 0 aliphatic rings. The second-order valence-electron chi connectivity index (χ2n) is 4.30. The minimum absolute atomic E-state index is 0.888. The monoisotopic (exact) mass is 249 g/mol. The van der Waals surface area contributed by atoms with Crippen molar-refractivity contribution in [3.05, 3.63) is 39.8 Å². The van der Waals surface area contributed by atoms with E-state index in [9.17, 15) is 0 Å². The Morgan fingerprint density at radius 2 is 2.24 bits per heavy atom. The van der Waals surface area contributed by atoms with Crippen molar-refractivity contribution < 1.29 is 0 Å². The second-order valence-corrected chi connectivity index (χ2v) is 5.04. The summed E-state index contributed by atoms with van der Waals surface area (Å²) < 4.78 is 2.01. The van der Waals surface area contributed by atoms with E-state index in [0.29, 0.717) is 0 Å². The number of rotatable bonds is 6. The Morgan fingerprint density at radius 1 is 1.35 bits per heavy atom. The Bertz CT molecular complexity index is 459. The van der Waals surface area contributed by atoms with Gasteiger partial charge in [0.25, 0.3) is 0 Å². The molecule has 4 heteroatoms. The van der Waals surface area contributed by atoms with Crippen LogP contribution in [0.4, 0.5) is 0 Å². The van der Waals surface area contributed by atoms with Gasteiger partial charge in [-0.3, -0.25) is 4.68 Å². The molecule has 0 aliphatic carbocycles. The third-order valence-corrected chi connectivity index (χ3v) is 3.66. The highest BCUT2D eigenvalue weighted by molar-refractivity contribution is 7.08. The number of hydrogen-bond acceptors (Lipinski definition) is 3. The highest BCUT2D eigenvalue weighted by Crippen LogP contribution is 2.13. The quantitative estimate of drug-likeness (QED) is 0.853. The standard InChI is InChI=1S/C13H19N3S/c1-3-4-16-8-12(6-15-16)5-14-7-13-10-17-9-11(13)2/h6,8-10,14H,3-5,7H2,1-2H3. The van der Waals surface area contributed by atoms with E-state index in [1.165, 1.54) is 16.7 Å². The summed E-state index contributed by atoms with van der Waals surface area (Å²) >= 11 is 1.77. The lowest BCUT2D eigenvalue weighted by Gasteiger charge is -2.02. The van der Waals surface area contributed by atoms with Gasteiger partial charge in [0.15, 0.2) is 0 Å². The van der Waals surface area contributed by atoms with Gasteiger partial charge in [0.1, 0.15) is 0 Å². The molecule has 2 rings (SSSR count). The maximum Gasteiger partial charge on any atom is 0.0534 e. The fourth-order valence-corrected chi connectivity index (χ4v) is 2.62. The third-order valence-electron chi connectivity index (χ3n) is 2.75. The summed E-state index contributed by atoms with van der Waals surface area (Å²) in [7, 11) is 0. The number of nitrogens with zero attached hydrogens (tertiary/aromatic N) is 2. The zero-order valence-electron chi connectivity index (χ0n) is 10.4. The first-order chi connectivity index (χ1) is 8.29. The Hall–Kier alpha value is -1.13. The lowest BCUT2D eigenvalue weighted by molar-refractivity contribution is 0.601. The van der Waals surface area contributed by atoms with Crippen molar-refractivity contribution in [1.29, 1.82) is 0 Å². The lowest BCUT2D eigenvalue weighted by Crippen LogP contribution is -2.12. The summed E-state index contributed by atoms with van der Waals surface area (Å²) in [6.45, 7) is 7.16. The first-order valence-electron chi connectivity index (χ1n) is 6.03. The Morgan fingerprint density at radius 3 is 2.94 bits per heavy atom. The fraction of sp³-hybridized carbons (Fsp3) is 0.462. The molecule has 0 saturated carbocycles. The van der Waals surface area contributed by atoms with E-state index in [1.54, 1.807) is 11.3 Å². The van der Waals surface area contributed by atoms with Crippen molar-refractivity contribution in [2.45, 2.75) is 39.9 Å². The molecule has 2 heterocycles. The van der Waals surface area contributed by atoms with Crippen LogP contribution >= 0.6 is 11.3 Å². The molecule has 0 aliphatic heterocycles. The normalized spacial score (nSPS) is 10.9. The van der Waals surface area contributed by atoms with Crippen molar-refractivity contribution >= 4 is 11.3 Å². The van der Waals surface area contributed by atoms with E-state index in [4.69, 9.17) is 0 Å². The predicted octanol–water partition coefficient (Wildman–Crippen LogP) is 2.95. The van der Waals surface area contributed by atoms with Gasteiger partial charge >= 0.3 is 0 Å². The third kappa shape index (κ3) is 3.41. The molecule has 3 nitrogen and oxygen atoms in total. The van der Waals surface area contributed by atoms with Gasteiger partial charge in [-0.05, 0) is 35.2 Å². The molecule has 0 aromatic carbocycles. The van der Waals surface area contributed by atoms with Crippen molar-refractivity contribution in [3.63, 3.8) is 0 Å². The summed E-state index contributed by atoms with van der Waals surface area (Å²) in [5.41, 5.74) is 4.03. The van der Waals surface area contributed by atoms with Gasteiger partial charge in [-0.1, -0.05) is 6.92 Å². The smallest absolute Gasteiger partial charge is 0.0534 e. The summed E-state index contributed by atoms with van der Waals surface area (Å²) in [5.74, 6) is 0. The maximum absolute atomic E-state index is 4.32. The minimum Gasteiger partial charge on any atom is -0.308 e. The summed E-state index contributed by atoms with van der Waals surface area (Å²) in [6.07, 6.45) is 5.20. The number of nitrogens with one attached hydrogen (secondary N) is 1. The van der Waals surface area contributed by atoms with Gasteiger partial charge in [0, 0.05) is 31.4 Å². The molecule has 0 saturated heterocycles. The van der Waals surface area contributed by atoms with Crippen LogP contribution in [0.1, 0.15) is 30.0 Å². The number of aryl methyl sites for hydroxylation is 2. The van der Waals surface area contributed by atoms with Crippen LogP contribution in [0.3, 0.4) is 0 Å². The molecule has 0 bridgehead atoms. The summed E-state index contributed by atoms with van der Waals surface area (Å²) in [4.78, 5) is 0. The highest BCUT2D eigenvalue weighted by atomic mass is 32.1. The van der Waals surface area contributed by atoms with Gasteiger partial charge in [-0.25, -0.2) is 0 Å². The van der Waals surface area contributed by atoms with Crippen molar-refractivity contribution in [2.75, 3.05) is 0 Å². The van der Waals surface area contributed by atoms with Gasteiger partial charge in [-0.2, -0.15) is 16.4 Å². The van der Waals surface area contributed by atoms with Crippen molar-refractivity contribution in [2.24, 2.45) is 0 Å². The first kappa shape index (κ1) is 12.3. The average Bonchev–Trinajstić information content (AvgIpc) is 2.90. The van der Waals surface area contributed by atoms with Crippen molar-refractivity contribution in [1.82, 2.24) is 15.1 Å². The van der Waals surface area contributed by atoms with E-state index >= 15 is 0 Å². The molecule has 0 fully saturated rings. The van der Waals surface area contributed by atoms with Gasteiger partial charge < -0.3 is 5.32 Å². The maximum atomic E-state index is 4.32. The molecule has 0 unspecified atom stereocenters. The van der Waals surface area contributed by atoms with E-state index in [1.807, 2.05) is 10.9 Å². The molecule has 2 aromatic rings. The Kier molecular flexibility index (Phi) is 4.34. The number of aromatic nitrogens is 2. The Labute approximate surface area is 106 Å².